The first-order chi connectivity index (χ1) is 9.38. The highest BCUT2D eigenvalue weighted by Gasteiger charge is 2.02. The van der Waals surface area contributed by atoms with Crippen molar-refractivity contribution >= 4 is 12.4 Å². The van der Waals surface area contributed by atoms with Gasteiger partial charge in [0.2, 0.25) is 0 Å². The van der Waals surface area contributed by atoms with Crippen molar-refractivity contribution in [3.63, 3.8) is 0 Å². The van der Waals surface area contributed by atoms with Gasteiger partial charge in [0.15, 0.2) is 5.76 Å². The van der Waals surface area contributed by atoms with E-state index in [9.17, 15) is 4.79 Å². The van der Waals surface area contributed by atoms with E-state index >= 15 is 0 Å². The summed E-state index contributed by atoms with van der Waals surface area (Å²) in [6.07, 6.45) is 7.09. The van der Waals surface area contributed by atoms with E-state index in [1.54, 1.807) is 24.3 Å². The fourth-order valence-electron chi connectivity index (χ4n) is 1.41. The number of hydrogen-bond acceptors (Lipinski definition) is 4. The Balaban J connectivity index is 1.89. The average molecular weight is 255 g/mol. The second-order valence-electron chi connectivity index (χ2n) is 3.72. The fourth-order valence-corrected chi connectivity index (χ4v) is 1.41. The van der Waals surface area contributed by atoms with E-state index in [0.29, 0.717) is 24.5 Å². The molecule has 0 spiro atoms. The molecule has 1 aromatic carbocycles. The number of rotatable bonds is 6. The molecule has 0 aliphatic carbocycles. The zero-order valence-electron chi connectivity index (χ0n) is 10.2. The van der Waals surface area contributed by atoms with Gasteiger partial charge < -0.3 is 9.26 Å². The van der Waals surface area contributed by atoms with Gasteiger partial charge in [-0.1, -0.05) is 42.5 Å². The maximum absolute atomic E-state index is 10.1. The molecule has 19 heavy (non-hydrogen) atoms. The molecule has 0 radical (unpaired) electrons. The number of carbonyl (C=O) groups excluding carboxylic acids is 1. The van der Waals surface area contributed by atoms with Crippen LogP contribution in [0.1, 0.15) is 11.3 Å². The first kappa shape index (κ1) is 12.8. The predicted molar refractivity (Wildman–Crippen MR) is 71.5 cm³/mol. The number of benzene rings is 1. The molecule has 1 aromatic heterocycles. The lowest BCUT2D eigenvalue weighted by atomic mass is 10.2. The number of aromatic nitrogens is 1. The SMILES string of the molecule is O=CC=CC=Cc1cc(OCc2ccccc2)no1. The third-order valence-electron chi connectivity index (χ3n) is 2.30. The van der Waals surface area contributed by atoms with Gasteiger partial charge in [0, 0.05) is 6.07 Å². The van der Waals surface area contributed by atoms with Crippen molar-refractivity contribution in [3.8, 4) is 5.88 Å². The third kappa shape index (κ3) is 4.27. The van der Waals surface area contributed by atoms with Gasteiger partial charge in [-0.3, -0.25) is 4.79 Å². The Morgan fingerprint density at radius 2 is 2.00 bits per heavy atom. The van der Waals surface area contributed by atoms with Crippen molar-refractivity contribution < 1.29 is 14.1 Å². The molecule has 0 fully saturated rings. The van der Waals surface area contributed by atoms with Crippen LogP contribution in [0.15, 0.2) is 59.1 Å². The molecule has 0 saturated carbocycles. The van der Waals surface area contributed by atoms with E-state index in [1.165, 1.54) is 6.08 Å². The summed E-state index contributed by atoms with van der Waals surface area (Å²) < 4.78 is 10.5. The van der Waals surface area contributed by atoms with Crippen molar-refractivity contribution in [2.24, 2.45) is 0 Å². The summed E-state index contributed by atoms with van der Waals surface area (Å²) in [7, 11) is 0. The lowest BCUT2D eigenvalue weighted by molar-refractivity contribution is -0.104. The highest BCUT2D eigenvalue weighted by molar-refractivity contribution is 5.66. The zero-order chi connectivity index (χ0) is 13.3. The van der Waals surface area contributed by atoms with Gasteiger partial charge in [-0.25, -0.2) is 0 Å². The van der Waals surface area contributed by atoms with Gasteiger partial charge >= 0.3 is 0 Å². The van der Waals surface area contributed by atoms with Crippen LogP contribution in [-0.2, 0) is 11.4 Å². The summed E-state index contributed by atoms with van der Waals surface area (Å²) >= 11 is 0. The van der Waals surface area contributed by atoms with Crippen LogP contribution in [0.5, 0.6) is 5.88 Å². The van der Waals surface area contributed by atoms with Crippen LogP contribution >= 0.6 is 0 Å². The molecule has 0 unspecified atom stereocenters. The van der Waals surface area contributed by atoms with E-state index < -0.39 is 0 Å². The van der Waals surface area contributed by atoms with E-state index in [1.807, 2.05) is 30.3 Å². The Labute approximate surface area is 111 Å². The van der Waals surface area contributed by atoms with Crippen molar-refractivity contribution in [3.05, 3.63) is 65.9 Å². The number of allylic oxidation sites excluding steroid dienone is 3. The minimum absolute atomic E-state index is 0.433. The molecule has 4 heteroatoms. The number of carbonyl (C=O) groups is 1. The van der Waals surface area contributed by atoms with Crippen molar-refractivity contribution in [1.82, 2.24) is 5.16 Å². The molecule has 1 heterocycles. The van der Waals surface area contributed by atoms with E-state index in [-0.39, 0.29) is 0 Å². The highest BCUT2D eigenvalue weighted by atomic mass is 16.5. The standard InChI is InChI=1S/C15H13NO3/c17-10-6-2-5-9-14-11-15(16-19-14)18-12-13-7-3-1-4-8-13/h1-11H,12H2. The molecule has 0 saturated heterocycles. The average Bonchev–Trinajstić information content (AvgIpc) is 2.91. The molecule has 0 atom stereocenters. The van der Waals surface area contributed by atoms with Gasteiger partial charge in [0.1, 0.15) is 12.9 Å². The second-order valence-corrected chi connectivity index (χ2v) is 3.72. The molecule has 0 aliphatic rings. The van der Waals surface area contributed by atoms with Gasteiger partial charge in [0.05, 0.1) is 0 Å². The molecule has 0 N–H and O–H groups in total. The van der Waals surface area contributed by atoms with Crippen molar-refractivity contribution in [1.29, 1.82) is 0 Å². The molecular formula is C15H13NO3. The molecule has 0 amide bonds. The number of ether oxygens (including phenoxy) is 1. The fraction of sp³-hybridized carbons (Fsp3) is 0.0667. The van der Waals surface area contributed by atoms with E-state index in [0.717, 1.165) is 5.56 Å². The van der Waals surface area contributed by atoms with Crippen molar-refractivity contribution in [2.75, 3.05) is 0 Å². The second kappa shape index (κ2) is 6.96. The van der Waals surface area contributed by atoms with Crippen LogP contribution in [0.3, 0.4) is 0 Å². The lowest BCUT2D eigenvalue weighted by Gasteiger charge is -2.00. The summed E-state index contributed by atoms with van der Waals surface area (Å²) in [6.45, 7) is 0.446. The first-order valence-electron chi connectivity index (χ1n) is 5.80. The number of aldehydes is 1. The van der Waals surface area contributed by atoms with Crippen LogP contribution < -0.4 is 4.74 Å². The lowest BCUT2D eigenvalue weighted by Crippen LogP contribution is -1.94. The Kier molecular flexibility index (Phi) is 4.70. The Hall–Kier alpha value is -2.62. The number of hydrogen-bond donors (Lipinski definition) is 0. The first-order valence-corrected chi connectivity index (χ1v) is 5.80. The third-order valence-corrected chi connectivity index (χ3v) is 2.30. The van der Waals surface area contributed by atoms with Gasteiger partial charge in [-0.2, -0.15) is 0 Å². The normalized spacial score (nSPS) is 11.2. The molecular weight excluding hydrogens is 242 g/mol. The van der Waals surface area contributed by atoms with E-state index in [2.05, 4.69) is 5.16 Å². The summed E-state index contributed by atoms with van der Waals surface area (Å²) in [6, 6.07) is 11.5. The van der Waals surface area contributed by atoms with Crippen LogP contribution in [-0.4, -0.2) is 11.4 Å². The largest absolute Gasteiger partial charge is 0.471 e. The molecule has 2 rings (SSSR count). The van der Waals surface area contributed by atoms with Crippen molar-refractivity contribution in [2.45, 2.75) is 6.61 Å². The van der Waals surface area contributed by atoms with Gasteiger partial charge in [-0.05, 0) is 22.9 Å². The molecule has 0 bridgehead atoms. The smallest absolute Gasteiger partial charge is 0.255 e. The molecule has 0 aliphatic heterocycles. The summed E-state index contributed by atoms with van der Waals surface area (Å²) in [5, 5.41) is 3.79. The predicted octanol–water partition coefficient (Wildman–Crippen LogP) is 3.02. The molecule has 4 nitrogen and oxygen atoms in total. The minimum Gasteiger partial charge on any atom is -0.471 e. The Bertz CT molecular complexity index is 570. The topological polar surface area (TPSA) is 52.3 Å². The van der Waals surface area contributed by atoms with Crippen LogP contribution in [0.2, 0.25) is 0 Å². The maximum atomic E-state index is 10.1. The zero-order valence-corrected chi connectivity index (χ0v) is 10.2. The minimum atomic E-state index is 0.433. The quantitative estimate of drug-likeness (QED) is 0.452. The van der Waals surface area contributed by atoms with Crippen LogP contribution in [0, 0.1) is 0 Å². The maximum Gasteiger partial charge on any atom is 0.255 e. The van der Waals surface area contributed by atoms with Gasteiger partial charge in [-0.15, -0.1) is 0 Å². The monoisotopic (exact) mass is 255 g/mol. The molecule has 2 aromatic rings. The van der Waals surface area contributed by atoms with E-state index in [4.69, 9.17) is 9.26 Å². The Morgan fingerprint density at radius 3 is 2.79 bits per heavy atom. The van der Waals surface area contributed by atoms with Gasteiger partial charge in [0.25, 0.3) is 5.88 Å². The summed E-state index contributed by atoms with van der Waals surface area (Å²) in [5.74, 6) is 1.00. The van der Waals surface area contributed by atoms with Crippen LogP contribution in [0.25, 0.3) is 6.08 Å². The summed E-state index contributed by atoms with van der Waals surface area (Å²) in [5.41, 5.74) is 1.07. The summed E-state index contributed by atoms with van der Waals surface area (Å²) in [4.78, 5) is 10.1. The highest BCUT2D eigenvalue weighted by Crippen LogP contribution is 2.14. The molecule has 96 valence electrons. The van der Waals surface area contributed by atoms with Crippen LogP contribution in [0.4, 0.5) is 0 Å². The number of nitrogens with zero attached hydrogens (tertiary/aromatic N) is 1. The Morgan fingerprint density at radius 1 is 1.16 bits per heavy atom.